The van der Waals surface area contributed by atoms with Gasteiger partial charge in [0.15, 0.2) is 11.6 Å². The number of rotatable bonds is 2. The summed E-state index contributed by atoms with van der Waals surface area (Å²) in [5.41, 5.74) is -0.666. The molecule has 2 rings (SSSR count). The summed E-state index contributed by atoms with van der Waals surface area (Å²) < 4.78 is 95.4. The number of hydrogen-bond donors (Lipinski definition) is 1. The lowest BCUT2D eigenvalue weighted by Crippen LogP contribution is -2.42. The molecule has 0 saturated carbocycles. The number of carbonyl (C=O) groups excluding carboxylic acids is 1. The van der Waals surface area contributed by atoms with E-state index >= 15 is 0 Å². The second kappa shape index (κ2) is 5.64. The van der Waals surface area contributed by atoms with Gasteiger partial charge in [-0.25, -0.2) is 0 Å². The maximum Gasteiger partial charge on any atom is 0.471 e. The lowest BCUT2D eigenvalue weighted by Gasteiger charge is -2.20. The first-order chi connectivity index (χ1) is 10.5. The van der Waals surface area contributed by atoms with Crippen LogP contribution in [0.2, 0.25) is 0 Å². The van der Waals surface area contributed by atoms with E-state index in [1.54, 1.807) is 0 Å². The largest absolute Gasteiger partial charge is 0.471 e. The SMILES string of the molecule is O=C(NC1=NS(=O)(=O)Oc2cccc(OC(F)F)c21)C(F)(F)F. The normalized spacial score (nSPS) is 16.2. The van der Waals surface area contributed by atoms with E-state index in [0.29, 0.717) is 0 Å². The molecule has 13 heteroatoms. The van der Waals surface area contributed by atoms with Crippen molar-refractivity contribution in [2.75, 3.05) is 0 Å². The number of nitrogens with zero attached hydrogens (tertiary/aromatic N) is 1. The third-order valence-corrected chi connectivity index (χ3v) is 3.12. The average molecular weight is 360 g/mol. The van der Waals surface area contributed by atoms with E-state index in [2.05, 4.69) is 13.3 Å². The first-order valence-electron chi connectivity index (χ1n) is 5.50. The standard InChI is InChI=1S/C10H5F5N2O5S/c11-9(12)21-4-2-1-3-5-6(4)7(17-23(19,20)22-5)16-8(18)10(13,14)15/h1-3,9H,(H,16,17,18). The van der Waals surface area contributed by atoms with Crippen molar-refractivity contribution < 1.29 is 44.1 Å². The summed E-state index contributed by atoms with van der Waals surface area (Å²) >= 11 is 0. The van der Waals surface area contributed by atoms with Crippen LogP contribution >= 0.6 is 0 Å². The smallest absolute Gasteiger partial charge is 0.434 e. The van der Waals surface area contributed by atoms with Crippen LogP contribution in [0.5, 0.6) is 11.5 Å². The molecule has 1 amide bonds. The number of hydrogen-bond acceptors (Lipinski definition) is 5. The Balaban J connectivity index is 2.54. The number of fused-ring (bicyclic) bond motifs is 1. The van der Waals surface area contributed by atoms with Crippen molar-refractivity contribution in [3.8, 4) is 11.5 Å². The molecule has 1 aliphatic heterocycles. The van der Waals surface area contributed by atoms with E-state index in [9.17, 15) is 35.2 Å². The van der Waals surface area contributed by atoms with Crippen molar-refractivity contribution >= 4 is 22.0 Å². The highest BCUT2D eigenvalue weighted by atomic mass is 32.2. The van der Waals surface area contributed by atoms with Gasteiger partial charge in [0, 0.05) is 0 Å². The summed E-state index contributed by atoms with van der Waals surface area (Å²) in [6.45, 7) is -3.36. The zero-order valence-corrected chi connectivity index (χ0v) is 11.4. The Hall–Kier alpha value is -2.44. The minimum Gasteiger partial charge on any atom is -0.434 e. The molecule has 1 aliphatic rings. The number of carbonyl (C=O) groups is 1. The van der Waals surface area contributed by atoms with Crippen LogP contribution in [0.15, 0.2) is 22.6 Å². The highest BCUT2D eigenvalue weighted by Gasteiger charge is 2.41. The van der Waals surface area contributed by atoms with Gasteiger partial charge in [-0.3, -0.25) is 4.79 Å². The van der Waals surface area contributed by atoms with Crippen molar-refractivity contribution in [1.29, 1.82) is 0 Å². The zero-order chi connectivity index (χ0) is 17.4. The van der Waals surface area contributed by atoms with Crippen LogP contribution in [-0.4, -0.2) is 32.9 Å². The molecule has 0 spiro atoms. The van der Waals surface area contributed by atoms with Crippen molar-refractivity contribution in [1.82, 2.24) is 5.32 Å². The Bertz CT molecular complexity index is 774. The van der Waals surface area contributed by atoms with Gasteiger partial charge in [-0.1, -0.05) is 6.07 Å². The molecule has 126 valence electrons. The fourth-order valence-corrected chi connectivity index (χ4v) is 2.32. The Morgan fingerprint density at radius 2 is 1.96 bits per heavy atom. The van der Waals surface area contributed by atoms with Gasteiger partial charge < -0.3 is 14.2 Å². The van der Waals surface area contributed by atoms with Crippen molar-refractivity contribution in [3.05, 3.63) is 23.8 Å². The van der Waals surface area contributed by atoms with Crippen LogP contribution in [-0.2, 0) is 15.1 Å². The van der Waals surface area contributed by atoms with Gasteiger partial charge in [0.2, 0.25) is 0 Å². The lowest BCUT2D eigenvalue weighted by molar-refractivity contribution is -0.171. The summed E-state index contributed by atoms with van der Waals surface area (Å²) in [6, 6.07) is 2.92. The van der Waals surface area contributed by atoms with E-state index in [1.165, 1.54) is 5.32 Å². The molecular weight excluding hydrogens is 355 g/mol. The summed E-state index contributed by atoms with van der Waals surface area (Å²) in [6.07, 6.45) is -5.36. The minimum absolute atomic E-state index is 0.629. The van der Waals surface area contributed by atoms with Gasteiger partial charge in [-0.2, -0.15) is 30.4 Å². The fourth-order valence-electron chi connectivity index (χ4n) is 1.56. The van der Waals surface area contributed by atoms with Gasteiger partial charge in [0.25, 0.3) is 0 Å². The molecular formula is C10H5F5N2O5S. The first kappa shape index (κ1) is 16.9. The lowest BCUT2D eigenvalue weighted by atomic mass is 10.1. The Labute approximate surface area is 125 Å². The Kier molecular flexibility index (Phi) is 4.15. The topological polar surface area (TPSA) is 94.1 Å². The molecule has 1 aromatic rings. The molecule has 7 nitrogen and oxygen atoms in total. The Morgan fingerprint density at radius 3 is 2.52 bits per heavy atom. The molecule has 0 aliphatic carbocycles. The Morgan fingerprint density at radius 1 is 1.30 bits per heavy atom. The molecule has 1 N–H and O–H groups in total. The van der Waals surface area contributed by atoms with E-state index in [-0.39, 0.29) is 0 Å². The number of benzene rings is 1. The van der Waals surface area contributed by atoms with E-state index in [1.807, 2.05) is 0 Å². The van der Waals surface area contributed by atoms with Gasteiger partial charge in [0.1, 0.15) is 11.3 Å². The first-order valence-corrected chi connectivity index (χ1v) is 6.87. The molecule has 1 heterocycles. The number of amidine groups is 1. The van der Waals surface area contributed by atoms with Gasteiger partial charge in [-0.15, -0.1) is 4.40 Å². The van der Waals surface area contributed by atoms with Crippen LogP contribution in [0.1, 0.15) is 5.56 Å². The van der Waals surface area contributed by atoms with Crippen LogP contribution in [0.3, 0.4) is 0 Å². The molecule has 0 unspecified atom stereocenters. The molecule has 0 radical (unpaired) electrons. The predicted molar refractivity (Wildman–Crippen MR) is 63.4 cm³/mol. The maximum absolute atomic E-state index is 12.3. The number of halogens is 5. The summed E-state index contributed by atoms with van der Waals surface area (Å²) in [4.78, 5) is 10.9. The molecule has 1 aromatic carbocycles. The molecule has 23 heavy (non-hydrogen) atoms. The fraction of sp³-hybridized carbons (Fsp3) is 0.200. The number of ether oxygens (including phenoxy) is 1. The molecule has 0 aromatic heterocycles. The second-order valence-corrected chi connectivity index (χ2v) is 5.12. The second-order valence-electron chi connectivity index (χ2n) is 3.91. The molecule has 0 fully saturated rings. The van der Waals surface area contributed by atoms with Crippen LogP contribution < -0.4 is 14.2 Å². The van der Waals surface area contributed by atoms with Crippen molar-refractivity contribution in [3.63, 3.8) is 0 Å². The third kappa shape index (κ3) is 3.85. The quantitative estimate of drug-likeness (QED) is 0.804. The van der Waals surface area contributed by atoms with Crippen LogP contribution in [0, 0.1) is 0 Å². The highest BCUT2D eigenvalue weighted by Crippen LogP contribution is 2.34. The third-order valence-electron chi connectivity index (χ3n) is 2.33. The molecule has 0 atom stereocenters. The van der Waals surface area contributed by atoms with Crippen molar-refractivity contribution in [2.45, 2.75) is 12.8 Å². The van der Waals surface area contributed by atoms with Gasteiger partial charge >= 0.3 is 29.0 Å². The van der Waals surface area contributed by atoms with E-state index in [4.69, 9.17) is 0 Å². The monoisotopic (exact) mass is 360 g/mol. The minimum atomic E-state index is -5.36. The summed E-state index contributed by atoms with van der Waals surface area (Å²) in [5.74, 6) is -5.06. The van der Waals surface area contributed by atoms with Crippen LogP contribution in [0.25, 0.3) is 0 Å². The zero-order valence-electron chi connectivity index (χ0n) is 10.6. The van der Waals surface area contributed by atoms with Gasteiger partial charge in [-0.05, 0) is 12.1 Å². The number of amides is 1. The van der Waals surface area contributed by atoms with E-state index in [0.717, 1.165) is 18.2 Å². The molecule has 0 bridgehead atoms. The molecule has 0 saturated heterocycles. The van der Waals surface area contributed by atoms with Crippen molar-refractivity contribution in [2.24, 2.45) is 4.40 Å². The van der Waals surface area contributed by atoms with E-state index < -0.39 is 51.9 Å². The summed E-state index contributed by atoms with van der Waals surface area (Å²) in [7, 11) is -4.72. The predicted octanol–water partition coefficient (Wildman–Crippen LogP) is 1.35. The summed E-state index contributed by atoms with van der Waals surface area (Å²) in [5, 5.41) is 1.19. The number of nitrogens with one attached hydrogen (secondary N) is 1. The van der Waals surface area contributed by atoms with Gasteiger partial charge in [0.05, 0.1) is 0 Å². The number of alkyl halides is 5. The maximum atomic E-state index is 12.3. The average Bonchev–Trinajstić information content (AvgIpc) is 2.34. The highest BCUT2D eigenvalue weighted by molar-refractivity contribution is 7.86. The van der Waals surface area contributed by atoms with Crippen LogP contribution in [0.4, 0.5) is 22.0 Å².